The van der Waals surface area contributed by atoms with Crippen molar-refractivity contribution < 1.29 is 4.74 Å². The maximum Gasteiger partial charge on any atom is 0.141 e. The number of aryl methyl sites for hydroxylation is 1. The topological polar surface area (TPSA) is 35.2 Å². The quantitative estimate of drug-likeness (QED) is 0.927. The van der Waals surface area contributed by atoms with Gasteiger partial charge in [0.1, 0.15) is 11.5 Å². The van der Waals surface area contributed by atoms with Crippen molar-refractivity contribution in [2.24, 2.45) is 5.73 Å². The van der Waals surface area contributed by atoms with Crippen LogP contribution in [0.3, 0.4) is 0 Å². The minimum Gasteiger partial charge on any atom is -0.456 e. The third-order valence-corrected chi connectivity index (χ3v) is 3.15. The van der Waals surface area contributed by atoms with Crippen molar-refractivity contribution in [3.63, 3.8) is 0 Å². The molecule has 2 nitrogen and oxygen atoms in total. The molecule has 2 N–H and O–H groups in total. The molecule has 88 valence electrons. The molecule has 0 saturated heterocycles. The van der Waals surface area contributed by atoms with E-state index in [0.717, 1.165) is 21.5 Å². The molecule has 17 heavy (non-hydrogen) atoms. The third-order valence-electron chi connectivity index (χ3n) is 2.49. The molecule has 0 fully saturated rings. The summed E-state index contributed by atoms with van der Waals surface area (Å²) in [7, 11) is 0. The lowest BCUT2D eigenvalue weighted by Gasteiger charge is -2.11. The molecule has 0 aliphatic carbocycles. The molecule has 0 bridgehead atoms. The molecule has 0 heterocycles. The molecule has 2 aromatic carbocycles. The highest BCUT2D eigenvalue weighted by atomic mass is 79.9. The molecule has 0 aliphatic rings. The first kappa shape index (κ1) is 12.1. The molecule has 0 radical (unpaired) electrons. The Bertz CT molecular complexity index is 525. The van der Waals surface area contributed by atoms with E-state index < -0.39 is 0 Å². The lowest BCUT2D eigenvalue weighted by molar-refractivity contribution is 0.473. The van der Waals surface area contributed by atoms with Gasteiger partial charge in [0, 0.05) is 12.1 Å². The Hall–Kier alpha value is -1.32. The van der Waals surface area contributed by atoms with Crippen molar-refractivity contribution in [2.45, 2.75) is 13.5 Å². The molecule has 0 spiro atoms. The second-order valence-corrected chi connectivity index (χ2v) is 4.70. The van der Waals surface area contributed by atoms with Gasteiger partial charge in [-0.15, -0.1) is 0 Å². The fourth-order valence-corrected chi connectivity index (χ4v) is 1.98. The van der Waals surface area contributed by atoms with Crippen molar-refractivity contribution >= 4 is 15.9 Å². The van der Waals surface area contributed by atoms with Crippen LogP contribution in [0.2, 0.25) is 0 Å². The number of hydrogen-bond acceptors (Lipinski definition) is 2. The molecule has 0 aromatic heterocycles. The minimum absolute atomic E-state index is 0.474. The van der Waals surface area contributed by atoms with Gasteiger partial charge in [0.25, 0.3) is 0 Å². The highest BCUT2D eigenvalue weighted by Crippen LogP contribution is 2.31. The lowest BCUT2D eigenvalue weighted by Crippen LogP contribution is -2.00. The van der Waals surface area contributed by atoms with E-state index in [-0.39, 0.29) is 0 Å². The Balaban J connectivity index is 2.33. The van der Waals surface area contributed by atoms with E-state index in [1.54, 1.807) is 0 Å². The van der Waals surface area contributed by atoms with E-state index >= 15 is 0 Å². The smallest absolute Gasteiger partial charge is 0.141 e. The zero-order valence-corrected chi connectivity index (χ0v) is 11.2. The van der Waals surface area contributed by atoms with Gasteiger partial charge < -0.3 is 10.5 Å². The van der Waals surface area contributed by atoms with Gasteiger partial charge in [0.15, 0.2) is 0 Å². The number of para-hydroxylation sites is 1. The summed E-state index contributed by atoms with van der Waals surface area (Å²) in [5.74, 6) is 1.61. The van der Waals surface area contributed by atoms with Crippen LogP contribution in [0.25, 0.3) is 0 Å². The van der Waals surface area contributed by atoms with Gasteiger partial charge in [-0.2, -0.15) is 0 Å². The minimum atomic E-state index is 0.474. The second kappa shape index (κ2) is 5.34. The van der Waals surface area contributed by atoms with Crippen molar-refractivity contribution in [2.75, 3.05) is 0 Å². The van der Waals surface area contributed by atoms with Crippen LogP contribution in [0.4, 0.5) is 0 Å². The van der Waals surface area contributed by atoms with Crippen LogP contribution in [0.5, 0.6) is 11.5 Å². The van der Waals surface area contributed by atoms with E-state index in [1.165, 1.54) is 5.56 Å². The summed E-state index contributed by atoms with van der Waals surface area (Å²) in [5, 5.41) is 0. The summed E-state index contributed by atoms with van der Waals surface area (Å²) in [6, 6.07) is 13.8. The van der Waals surface area contributed by atoms with Crippen molar-refractivity contribution in [3.05, 3.63) is 58.1 Å². The van der Waals surface area contributed by atoms with Crippen LogP contribution >= 0.6 is 15.9 Å². The van der Waals surface area contributed by atoms with Crippen LogP contribution in [0, 0.1) is 6.92 Å². The van der Waals surface area contributed by atoms with E-state index in [0.29, 0.717) is 6.54 Å². The van der Waals surface area contributed by atoms with Crippen LogP contribution in [0.1, 0.15) is 11.1 Å². The van der Waals surface area contributed by atoms with Gasteiger partial charge in [-0.3, -0.25) is 0 Å². The number of ether oxygens (including phenoxy) is 1. The highest BCUT2D eigenvalue weighted by Gasteiger charge is 2.06. The van der Waals surface area contributed by atoms with Crippen LogP contribution in [-0.2, 0) is 6.54 Å². The molecule has 0 saturated carbocycles. The van der Waals surface area contributed by atoms with Crippen molar-refractivity contribution in [1.29, 1.82) is 0 Å². The standard InChI is InChI=1S/C14H14BrNO/c1-10-6-7-13(11(8-10)9-16)17-14-5-3-2-4-12(14)15/h2-8H,9,16H2,1H3. The zero-order chi connectivity index (χ0) is 12.3. The molecular formula is C14H14BrNO. The molecule has 0 amide bonds. The van der Waals surface area contributed by atoms with E-state index in [1.807, 2.05) is 49.4 Å². The molecule has 2 rings (SSSR count). The van der Waals surface area contributed by atoms with Gasteiger partial charge >= 0.3 is 0 Å². The highest BCUT2D eigenvalue weighted by molar-refractivity contribution is 9.10. The lowest BCUT2D eigenvalue weighted by atomic mass is 10.1. The summed E-state index contributed by atoms with van der Waals surface area (Å²) in [6.07, 6.45) is 0. The van der Waals surface area contributed by atoms with E-state index in [4.69, 9.17) is 10.5 Å². The van der Waals surface area contributed by atoms with Gasteiger partial charge in [-0.1, -0.05) is 29.8 Å². The average molecular weight is 292 g/mol. The maximum absolute atomic E-state index is 5.86. The Morgan fingerprint density at radius 1 is 1.12 bits per heavy atom. The monoisotopic (exact) mass is 291 g/mol. The van der Waals surface area contributed by atoms with Gasteiger partial charge in [0.05, 0.1) is 4.47 Å². The Morgan fingerprint density at radius 2 is 1.88 bits per heavy atom. The molecule has 0 atom stereocenters. The average Bonchev–Trinajstić information content (AvgIpc) is 2.34. The fourth-order valence-electron chi connectivity index (χ4n) is 1.61. The number of benzene rings is 2. The number of halogens is 1. The maximum atomic E-state index is 5.86. The normalized spacial score (nSPS) is 10.3. The predicted molar refractivity (Wildman–Crippen MR) is 73.3 cm³/mol. The zero-order valence-electron chi connectivity index (χ0n) is 9.61. The Kier molecular flexibility index (Phi) is 3.82. The fraction of sp³-hybridized carbons (Fsp3) is 0.143. The van der Waals surface area contributed by atoms with Crippen molar-refractivity contribution in [3.8, 4) is 11.5 Å². The first-order valence-corrected chi connectivity index (χ1v) is 6.22. The summed E-state index contributed by atoms with van der Waals surface area (Å²) in [5.41, 5.74) is 7.92. The molecule has 0 unspecified atom stereocenters. The first-order valence-electron chi connectivity index (χ1n) is 5.42. The van der Waals surface area contributed by atoms with Crippen LogP contribution in [-0.4, -0.2) is 0 Å². The first-order chi connectivity index (χ1) is 8.20. The molecule has 0 aliphatic heterocycles. The molecule has 2 aromatic rings. The van der Waals surface area contributed by atoms with Crippen LogP contribution in [0.15, 0.2) is 46.9 Å². The molecular weight excluding hydrogens is 278 g/mol. The summed E-state index contributed by atoms with van der Waals surface area (Å²) in [4.78, 5) is 0. The van der Waals surface area contributed by atoms with E-state index in [9.17, 15) is 0 Å². The third kappa shape index (κ3) is 2.87. The number of nitrogens with two attached hydrogens (primary N) is 1. The summed E-state index contributed by atoms with van der Waals surface area (Å²) < 4.78 is 6.79. The predicted octanol–water partition coefficient (Wildman–Crippen LogP) is 4.01. The summed E-state index contributed by atoms with van der Waals surface area (Å²) >= 11 is 3.46. The van der Waals surface area contributed by atoms with Crippen LogP contribution < -0.4 is 10.5 Å². The Labute approximate surface area is 110 Å². The van der Waals surface area contributed by atoms with E-state index in [2.05, 4.69) is 15.9 Å². The van der Waals surface area contributed by atoms with Gasteiger partial charge in [-0.25, -0.2) is 0 Å². The van der Waals surface area contributed by atoms with Crippen molar-refractivity contribution in [1.82, 2.24) is 0 Å². The number of rotatable bonds is 3. The SMILES string of the molecule is Cc1ccc(Oc2ccccc2Br)c(CN)c1. The Morgan fingerprint density at radius 3 is 2.59 bits per heavy atom. The summed E-state index contributed by atoms with van der Waals surface area (Å²) in [6.45, 7) is 2.52. The largest absolute Gasteiger partial charge is 0.456 e. The second-order valence-electron chi connectivity index (χ2n) is 3.85. The van der Waals surface area contributed by atoms with Gasteiger partial charge in [-0.05, 0) is 41.1 Å². The molecule has 3 heteroatoms. The number of hydrogen-bond donors (Lipinski definition) is 1. The van der Waals surface area contributed by atoms with Gasteiger partial charge in [0.2, 0.25) is 0 Å².